The molecule has 1 fully saturated rings. The van der Waals surface area contributed by atoms with E-state index in [1.54, 1.807) is 0 Å². The van der Waals surface area contributed by atoms with Gasteiger partial charge in [-0.2, -0.15) is 5.26 Å². The molecule has 0 aromatic carbocycles. The van der Waals surface area contributed by atoms with Crippen LogP contribution in [0.2, 0.25) is 0 Å². The van der Waals surface area contributed by atoms with Crippen LogP contribution >= 0.6 is 0 Å². The van der Waals surface area contributed by atoms with Crippen molar-refractivity contribution in [2.24, 2.45) is 10.8 Å². The van der Waals surface area contributed by atoms with Crippen LogP contribution in [0, 0.1) is 22.2 Å². The van der Waals surface area contributed by atoms with E-state index in [4.69, 9.17) is 0 Å². The average molecular weight is 207 g/mol. The zero-order chi connectivity index (χ0) is 11.5. The Morgan fingerprint density at radius 3 is 2.60 bits per heavy atom. The van der Waals surface area contributed by atoms with Crippen LogP contribution in [0.25, 0.3) is 0 Å². The van der Waals surface area contributed by atoms with Gasteiger partial charge < -0.3 is 0 Å². The summed E-state index contributed by atoms with van der Waals surface area (Å²) in [4.78, 5) is 12.3. The van der Waals surface area contributed by atoms with Crippen LogP contribution in [0.4, 0.5) is 0 Å². The zero-order valence-corrected chi connectivity index (χ0v) is 10.1. The van der Waals surface area contributed by atoms with Crippen molar-refractivity contribution in [2.45, 2.75) is 59.3 Å². The fourth-order valence-corrected chi connectivity index (χ4v) is 2.59. The van der Waals surface area contributed by atoms with Crippen LogP contribution in [-0.4, -0.2) is 5.78 Å². The number of Topliss-reactive ketones (excluding diaryl/α,β-unsaturated/α-hetero) is 1. The second kappa shape index (κ2) is 4.35. The number of ketones is 1. The lowest BCUT2D eigenvalue weighted by Crippen LogP contribution is -2.43. The molecule has 0 amide bonds. The third-order valence-corrected chi connectivity index (χ3v) is 3.63. The van der Waals surface area contributed by atoms with E-state index in [9.17, 15) is 10.1 Å². The van der Waals surface area contributed by atoms with Crippen LogP contribution in [0.1, 0.15) is 59.3 Å². The lowest BCUT2D eigenvalue weighted by atomic mass is 9.61. The average Bonchev–Trinajstić information content (AvgIpc) is 2.21. The Morgan fingerprint density at radius 2 is 2.07 bits per heavy atom. The monoisotopic (exact) mass is 207 g/mol. The van der Waals surface area contributed by atoms with Gasteiger partial charge in [0.15, 0.2) is 5.78 Å². The lowest BCUT2D eigenvalue weighted by molar-refractivity contribution is -0.138. The Balaban J connectivity index is 2.89. The Kier molecular flexibility index (Phi) is 3.54. The second-order valence-electron chi connectivity index (χ2n) is 5.36. The molecular formula is C13H21NO. The van der Waals surface area contributed by atoms with Crippen molar-refractivity contribution >= 4 is 5.78 Å². The molecule has 1 rings (SSSR count). The molecule has 0 bridgehead atoms. The molecule has 0 heterocycles. The predicted octanol–water partition coefficient (Wildman–Crippen LogP) is 3.47. The fraction of sp³-hybridized carbons (Fsp3) is 0.846. The number of nitriles is 1. The minimum Gasteiger partial charge on any atom is -0.297 e. The standard InChI is InChI=1S/C13H21NO/c1-4-5-8-13(10-14)9-6-7-12(2,3)11(13)15/h4-9H2,1-3H3. The molecule has 0 radical (unpaired) electrons. The highest BCUT2D eigenvalue weighted by Gasteiger charge is 2.48. The maximum atomic E-state index is 12.3. The number of carbonyl (C=O) groups excluding carboxylic acids is 1. The summed E-state index contributed by atoms with van der Waals surface area (Å²) in [6, 6.07) is 2.31. The molecule has 0 aromatic heterocycles. The van der Waals surface area contributed by atoms with Gasteiger partial charge in [0.1, 0.15) is 5.41 Å². The van der Waals surface area contributed by atoms with E-state index in [1.165, 1.54) is 0 Å². The third-order valence-electron chi connectivity index (χ3n) is 3.63. The molecule has 1 aliphatic rings. The molecule has 0 spiro atoms. The summed E-state index contributed by atoms with van der Waals surface area (Å²) >= 11 is 0. The maximum absolute atomic E-state index is 12.3. The third kappa shape index (κ3) is 2.22. The van der Waals surface area contributed by atoms with E-state index in [2.05, 4.69) is 13.0 Å². The van der Waals surface area contributed by atoms with Gasteiger partial charge in [0, 0.05) is 5.41 Å². The maximum Gasteiger partial charge on any atom is 0.158 e. The van der Waals surface area contributed by atoms with Gasteiger partial charge in [-0.15, -0.1) is 0 Å². The number of hydrogen-bond acceptors (Lipinski definition) is 2. The number of carbonyl (C=O) groups is 1. The summed E-state index contributed by atoms with van der Waals surface area (Å²) in [5.74, 6) is 0.178. The van der Waals surface area contributed by atoms with Crippen LogP contribution in [-0.2, 0) is 4.79 Å². The molecule has 0 N–H and O–H groups in total. The summed E-state index contributed by atoms with van der Waals surface area (Å²) in [6.45, 7) is 6.06. The molecule has 84 valence electrons. The molecule has 1 aliphatic carbocycles. The highest BCUT2D eigenvalue weighted by Crippen LogP contribution is 2.45. The molecule has 0 saturated heterocycles. The van der Waals surface area contributed by atoms with E-state index < -0.39 is 5.41 Å². The van der Waals surface area contributed by atoms with Crippen molar-refractivity contribution in [3.8, 4) is 6.07 Å². The zero-order valence-electron chi connectivity index (χ0n) is 10.1. The SMILES string of the molecule is CCCCC1(C#N)CCCC(C)(C)C1=O. The Bertz CT molecular complexity index is 287. The van der Waals surface area contributed by atoms with Gasteiger partial charge in [-0.05, 0) is 19.3 Å². The minimum absolute atomic E-state index is 0.178. The highest BCUT2D eigenvalue weighted by molar-refractivity contribution is 5.92. The van der Waals surface area contributed by atoms with Gasteiger partial charge in [0.25, 0.3) is 0 Å². The first-order valence-electron chi connectivity index (χ1n) is 5.95. The van der Waals surface area contributed by atoms with E-state index in [0.717, 1.165) is 38.5 Å². The number of unbranched alkanes of at least 4 members (excludes halogenated alkanes) is 1. The Labute approximate surface area is 92.7 Å². The molecule has 15 heavy (non-hydrogen) atoms. The normalized spacial score (nSPS) is 29.9. The molecular weight excluding hydrogens is 186 g/mol. The Morgan fingerprint density at radius 1 is 1.40 bits per heavy atom. The van der Waals surface area contributed by atoms with Crippen molar-refractivity contribution in [1.82, 2.24) is 0 Å². The van der Waals surface area contributed by atoms with Crippen molar-refractivity contribution in [2.75, 3.05) is 0 Å². The van der Waals surface area contributed by atoms with Crippen LogP contribution in [0.5, 0.6) is 0 Å². The lowest BCUT2D eigenvalue weighted by Gasteiger charge is -2.39. The summed E-state index contributed by atoms with van der Waals surface area (Å²) in [5, 5.41) is 9.30. The molecule has 2 heteroatoms. The minimum atomic E-state index is -0.669. The molecule has 1 atom stereocenters. The molecule has 2 nitrogen and oxygen atoms in total. The predicted molar refractivity (Wildman–Crippen MR) is 60.2 cm³/mol. The summed E-state index contributed by atoms with van der Waals surface area (Å²) in [5.41, 5.74) is -0.959. The quantitative estimate of drug-likeness (QED) is 0.711. The van der Waals surface area contributed by atoms with Gasteiger partial charge >= 0.3 is 0 Å². The second-order valence-corrected chi connectivity index (χ2v) is 5.36. The van der Waals surface area contributed by atoms with Crippen molar-refractivity contribution in [3.05, 3.63) is 0 Å². The smallest absolute Gasteiger partial charge is 0.158 e. The summed E-state index contributed by atoms with van der Waals surface area (Å²) in [7, 11) is 0. The molecule has 1 unspecified atom stereocenters. The van der Waals surface area contributed by atoms with Crippen molar-refractivity contribution in [3.63, 3.8) is 0 Å². The van der Waals surface area contributed by atoms with E-state index >= 15 is 0 Å². The molecule has 0 aromatic rings. The molecule has 0 aliphatic heterocycles. The first-order valence-corrected chi connectivity index (χ1v) is 5.95. The van der Waals surface area contributed by atoms with Crippen molar-refractivity contribution < 1.29 is 4.79 Å². The van der Waals surface area contributed by atoms with Gasteiger partial charge in [-0.25, -0.2) is 0 Å². The number of hydrogen-bond donors (Lipinski definition) is 0. The van der Waals surface area contributed by atoms with Crippen LogP contribution in [0.15, 0.2) is 0 Å². The van der Waals surface area contributed by atoms with Gasteiger partial charge in [0.2, 0.25) is 0 Å². The van der Waals surface area contributed by atoms with E-state index in [1.807, 2.05) is 13.8 Å². The summed E-state index contributed by atoms with van der Waals surface area (Å²) < 4.78 is 0. The van der Waals surface area contributed by atoms with Crippen LogP contribution in [0.3, 0.4) is 0 Å². The van der Waals surface area contributed by atoms with Crippen LogP contribution < -0.4 is 0 Å². The largest absolute Gasteiger partial charge is 0.297 e. The van der Waals surface area contributed by atoms with Gasteiger partial charge in [-0.1, -0.05) is 40.0 Å². The number of rotatable bonds is 3. The molecule has 1 saturated carbocycles. The van der Waals surface area contributed by atoms with Gasteiger partial charge in [-0.3, -0.25) is 4.79 Å². The Hall–Kier alpha value is -0.840. The number of nitrogens with zero attached hydrogens (tertiary/aromatic N) is 1. The first-order chi connectivity index (χ1) is 6.98. The van der Waals surface area contributed by atoms with Crippen molar-refractivity contribution in [1.29, 1.82) is 5.26 Å². The fourth-order valence-electron chi connectivity index (χ4n) is 2.59. The topological polar surface area (TPSA) is 40.9 Å². The van der Waals surface area contributed by atoms with E-state index in [-0.39, 0.29) is 11.2 Å². The van der Waals surface area contributed by atoms with E-state index in [0.29, 0.717) is 0 Å². The highest BCUT2D eigenvalue weighted by atomic mass is 16.1. The van der Waals surface area contributed by atoms with Gasteiger partial charge in [0.05, 0.1) is 6.07 Å². The summed E-state index contributed by atoms with van der Waals surface area (Å²) in [6.07, 6.45) is 5.50. The first kappa shape index (κ1) is 12.2.